The molecule has 1 aliphatic rings. The Labute approximate surface area is 111 Å². The van der Waals surface area contributed by atoms with Crippen LogP contribution in [0.1, 0.15) is 13.3 Å². The van der Waals surface area contributed by atoms with Crippen molar-refractivity contribution >= 4 is 15.9 Å². The lowest BCUT2D eigenvalue weighted by atomic mass is 9.85. The molecule has 1 saturated carbocycles. The molecule has 17 heavy (non-hydrogen) atoms. The quantitative estimate of drug-likeness (QED) is 0.906. The molecule has 1 aliphatic carbocycles. The third-order valence-corrected chi connectivity index (χ3v) is 3.75. The van der Waals surface area contributed by atoms with E-state index in [0.29, 0.717) is 6.04 Å². The van der Waals surface area contributed by atoms with E-state index in [-0.39, 0.29) is 12.2 Å². The maximum atomic E-state index is 5.97. The number of nitrogens with one attached hydrogen (secondary N) is 1. The summed E-state index contributed by atoms with van der Waals surface area (Å²) in [5, 5.41) is 3.25. The van der Waals surface area contributed by atoms with Gasteiger partial charge in [0.2, 0.25) is 0 Å². The van der Waals surface area contributed by atoms with Crippen molar-refractivity contribution in [2.45, 2.75) is 31.6 Å². The van der Waals surface area contributed by atoms with Gasteiger partial charge in [-0.05, 0) is 42.0 Å². The van der Waals surface area contributed by atoms with E-state index >= 15 is 0 Å². The highest BCUT2D eigenvalue weighted by Crippen LogP contribution is 2.32. The summed E-state index contributed by atoms with van der Waals surface area (Å²) in [6.45, 7) is 2.74. The number of rotatable bonds is 5. The average Bonchev–Trinajstić information content (AvgIpc) is 2.33. The van der Waals surface area contributed by atoms with Crippen molar-refractivity contribution in [1.82, 2.24) is 5.32 Å². The second-order valence-electron chi connectivity index (χ2n) is 4.14. The van der Waals surface area contributed by atoms with Crippen LogP contribution in [0.5, 0.6) is 5.75 Å². The van der Waals surface area contributed by atoms with Gasteiger partial charge in [0.25, 0.3) is 0 Å². The molecule has 3 nitrogen and oxygen atoms in total. The van der Waals surface area contributed by atoms with Gasteiger partial charge in [-0.1, -0.05) is 12.1 Å². The number of hydrogen-bond acceptors (Lipinski definition) is 3. The summed E-state index contributed by atoms with van der Waals surface area (Å²) >= 11 is 3.49. The van der Waals surface area contributed by atoms with E-state index in [1.807, 2.05) is 38.2 Å². The molecule has 2 rings (SSSR count). The Balaban J connectivity index is 1.98. The molecule has 0 bridgehead atoms. The molecule has 0 amide bonds. The molecular formula is C13H18BrNO2. The summed E-state index contributed by atoms with van der Waals surface area (Å²) in [6, 6.07) is 8.32. The summed E-state index contributed by atoms with van der Waals surface area (Å²) in [5.74, 6) is 0.886. The van der Waals surface area contributed by atoms with Crippen LogP contribution in [0.4, 0.5) is 0 Å². The summed E-state index contributed by atoms with van der Waals surface area (Å²) in [6.07, 6.45) is 1.28. The highest BCUT2D eigenvalue weighted by atomic mass is 79.9. The van der Waals surface area contributed by atoms with E-state index < -0.39 is 0 Å². The Kier molecular flexibility index (Phi) is 4.42. The van der Waals surface area contributed by atoms with E-state index in [1.54, 1.807) is 0 Å². The van der Waals surface area contributed by atoms with E-state index in [2.05, 4.69) is 21.2 Å². The van der Waals surface area contributed by atoms with Crippen molar-refractivity contribution in [3.8, 4) is 5.75 Å². The van der Waals surface area contributed by atoms with E-state index in [0.717, 1.165) is 23.2 Å². The fourth-order valence-electron chi connectivity index (χ4n) is 2.10. The molecule has 1 N–H and O–H groups in total. The second kappa shape index (κ2) is 5.85. The Morgan fingerprint density at radius 2 is 2.18 bits per heavy atom. The summed E-state index contributed by atoms with van der Waals surface area (Å²) in [5.41, 5.74) is 0. The highest BCUT2D eigenvalue weighted by molar-refractivity contribution is 9.10. The number of halogens is 1. The molecule has 3 atom stereocenters. The van der Waals surface area contributed by atoms with Gasteiger partial charge in [0.1, 0.15) is 18.0 Å². The monoisotopic (exact) mass is 299 g/mol. The standard InChI is InChI=1S/C13H18BrNO2/c1-3-16-13-10(15-2)8-12(13)17-11-7-5-4-6-9(11)14/h4-7,10,12-13,15H,3,8H2,1-2H3. The normalized spacial score (nSPS) is 27.6. The van der Waals surface area contributed by atoms with Gasteiger partial charge in [-0.25, -0.2) is 0 Å². The topological polar surface area (TPSA) is 30.5 Å². The third-order valence-electron chi connectivity index (χ3n) is 3.09. The summed E-state index contributed by atoms with van der Waals surface area (Å²) < 4.78 is 12.7. The molecule has 0 aromatic heterocycles. The van der Waals surface area contributed by atoms with Crippen LogP contribution in [-0.4, -0.2) is 31.9 Å². The fraction of sp³-hybridized carbons (Fsp3) is 0.538. The largest absolute Gasteiger partial charge is 0.486 e. The Hall–Kier alpha value is -0.580. The van der Waals surface area contributed by atoms with Gasteiger partial charge >= 0.3 is 0 Å². The molecule has 1 aromatic carbocycles. The average molecular weight is 300 g/mol. The maximum absolute atomic E-state index is 5.97. The van der Waals surface area contributed by atoms with Crippen molar-refractivity contribution < 1.29 is 9.47 Å². The van der Waals surface area contributed by atoms with Gasteiger partial charge in [-0.2, -0.15) is 0 Å². The van der Waals surface area contributed by atoms with Crippen LogP contribution in [0.15, 0.2) is 28.7 Å². The smallest absolute Gasteiger partial charge is 0.134 e. The zero-order chi connectivity index (χ0) is 12.3. The van der Waals surface area contributed by atoms with E-state index in [4.69, 9.17) is 9.47 Å². The first-order chi connectivity index (χ1) is 8.26. The zero-order valence-electron chi connectivity index (χ0n) is 10.2. The van der Waals surface area contributed by atoms with Crippen LogP contribution in [0.25, 0.3) is 0 Å². The lowest BCUT2D eigenvalue weighted by Crippen LogP contribution is -2.60. The second-order valence-corrected chi connectivity index (χ2v) is 4.99. The van der Waals surface area contributed by atoms with Crippen LogP contribution >= 0.6 is 15.9 Å². The molecule has 0 spiro atoms. The van der Waals surface area contributed by atoms with Crippen LogP contribution in [0, 0.1) is 0 Å². The molecule has 3 unspecified atom stereocenters. The summed E-state index contributed by atoms with van der Waals surface area (Å²) in [7, 11) is 1.96. The molecule has 0 saturated heterocycles. The first kappa shape index (κ1) is 12.9. The molecule has 0 heterocycles. The lowest BCUT2D eigenvalue weighted by molar-refractivity contribution is -0.103. The molecular weight excluding hydrogens is 282 g/mol. The first-order valence-electron chi connectivity index (χ1n) is 5.96. The number of hydrogen-bond donors (Lipinski definition) is 1. The summed E-state index contributed by atoms with van der Waals surface area (Å²) in [4.78, 5) is 0. The van der Waals surface area contributed by atoms with Crippen molar-refractivity contribution in [2.24, 2.45) is 0 Å². The Bertz CT molecular complexity index is 372. The number of benzene rings is 1. The fourth-order valence-corrected chi connectivity index (χ4v) is 2.48. The van der Waals surface area contributed by atoms with Crippen molar-refractivity contribution in [1.29, 1.82) is 0 Å². The van der Waals surface area contributed by atoms with Crippen LogP contribution in [0.2, 0.25) is 0 Å². The van der Waals surface area contributed by atoms with E-state index in [9.17, 15) is 0 Å². The molecule has 94 valence electrons. The number of likely N-dealkylation sites (N-methyl/N-ethyl adjacent to an activating group) is 1. The van der Waals surface area contributed by atoms with Gasteiger partial charge < -0.3 is 14.8 Å². The van der Waals surface area contributed by atoms with E-state index in [1.165, 1.54) is 0 Å². The Morgan fingerprint density at radius 1 is 1.41 bits per heavy atom. The molecule has 4 heteroatoms. The zero-order valence-corrected chi connectivity index (χ0v) is 11.7. The van der Waals surface area contributed by atoms with Gasteiger partial charge in [-0.3, -0.25) is 0 Å². The third kappa shape index (κ3) is 2.81. The maximum Gasteiger partial charge on any atom is 0.134 e. The number of ether oxygens (including phenoxy) is 2. The molecule has 1 aromatic rings. The SMILES string of the molecule is CCOC1C(NC)CC1Oc1ccccc1Br. The first-order valence-corrected chi connectivity index (χ1v) is 6.75. The highest BCUT2D eigenvalue weighted by Gasteiger charge is 2.42. The van der Waals surface area contributed by atoms with Crippen LogP contribution in [-0.2, 0) is 4.74 Å². The predicted octanol–water partition coefficient (Wildman–Crippen LogP) is 2.59. The molecule has 1 fully saturated rings. The predicted molar refractivity (Wildman–Crippen MR) is 71.4 cm³/mol. The molecule has 0 radical (unpaired) electrons. The van der Waals surface area contributed by atoms with Crippen LogP contribution < -0.4 is 10.1 Å². The molecule has 0 aliphatic heterocycles. The van der Waals surface area contributed by atoms with Crippen molar-refractivity contribution in [3.05, 3.63) is 28.7 Å². The Morgan fingerprint density at radius 3 is 2.82 bits per heavy atom. The lowest BCUT2D eigenvalue weighted by Gasteiger charge is -2.43. The van der Waals surface area contributed by atoms with Crippen molar-refractivity contribution in [3.63, 3.8) is 0 Å². The van der Waals surface area contributed by atoms with Gasteiger partial charge in [-0.15, -0.1) is 0 Å². The minimum Gasteiger partial charge on any atom is -0.486 e. The van der Waals surface area contributed by atoms with Crippen LogP contribution in [0.3, 0.4) is 0 Å². The minimum atomic E-state index is 0.145. The van der Waals surface area contributed by atoms with Gasteiger partial charge in [0.15, 0.2) is 0 Å². The number of para-hydroxylation sites is 1. The van der Waals surface area contributed by atoms with Gasteiger partial charge in [0, 0.05) is 19.1 Å². The minimum absolute atomic E-state index is 0.145. The van der Waals surface area contributed by atoms with Crippen molar-refractivity contribution in [2.75, 3.05) is 13.7 Å². The van der Waals surface area contributed by atoms with Gasteiger partial charge in [0.05, 0.1) is 4.47 Å².